The van der Waals surface area contributed by atoms with E-state index in [1.807, 2.05) is 0 Å². The summed E-state index contributed by atoms with van der Waals surface area (Å²) in [6.45, 7) is -4.80. The monoisotopic (exact) mass is 398 g/mol. The summed E-state index contributed by atoms with van der Waals surface area (Å²) in [5.74, 6) is -2.60. The van der Waals surface area contributed by atoms with Crippen molar-refractivity contribution in [1.82, 2.24) is 0 Å². The third-order valence-corrected chi connectivity index (χ3v) is 5.80. The van der Waals surface area contributed by atoms with Crippen LogP contribution in [0.4, 0.5) is 0 Å². The summed E-state index contributed by atoms with van der Waals surface area (Å²) < 4.78 is 0. The van der Waals surface area contributed by atoms with Crippen LogP contribution in [0.5, 0.6) is 0 Å². The van der Waals surface area contributed by atoms with Gasteiger partial charge in [0, 0.05) is 16.2 Å². The van der Waals surface area contributed by atoms with Crippen molar-refractivity contribution in [2.45, 2.75) is 25.7 Å². The van der Waals surface area contributed by atoms with Gasteiger partial charge in [-0.15, -0.1) is 0 Å². The molecule has 0 saturated carbocycles. The van der Waals surface area contributed by atoms with E-state index in [1.54, 1.807) is 0 Å². The first kappa shape index (κ1) is 26.1. The van der Waals surface area contributed by atoms with Crippen LogP contribution >= 0.6 is 0 Å². The predicted molar refractivity (Wildman–Crippen MR) is 93.6 cm³/mol. The highest BCUT2D eigenvalue weighted by Crippen LogP contribution is 2.40. The highest BCUT2D eigenvalue weighted by Gasteiger charge is 2.45. The molecule has 1 atom stereocenters. The molecule has 0 radical (unpaired) electrons. The van der Waals surface area contributed by atoms with Gasteiger partial charge in [-0.1, -0.05) is 0 Å². The number of aliphatic hydroxyl groups excluding tert-OH is 8. The summed E-state index contributed by atoms with van der Waals surface area (Å²) in [4.78, 5) is 11.8. The fourth-order valence-corrected chi connectivity index (χ4v) is 3.03. The van der Waals surface area contributed by atoms with Gasteiger partial charge in [0.15, 0.2) is 0 Å². The zero-order valence-corrected chi connectivity index (χ0v) is 15.5. The van der Waals surface area contributed by atoms with E-state index in [-0.39, 0.29) is 25.7 Å². The standard InChI is InChI=1S/C17H34O10/c18-5-15(6-19,7-20)2-1-13(14(26)27)17(11-24,12-25)4-3-16(8-21,9-22)10-23/h13,18-25H,1-12H2,(H,26,27). The highest BCUT2D eigenvalue weighted by molar-refractivity contribution is 5.71. The van der Waals surface area contributed by atoms with Crippen LogP contribution in [0.1, 0.15) is 25.7 Å². The van der Waals surface area contributed by atoms with Gasteiger partial charge >= 0.3 is 5.97 Å². The lowest BCUT2D eigenvalue weighted by atomic mass is 9.67. The first-order valence-corrected chi connectivity index (χ1v) is 8.83. The minimum Gasteiger partial charge on any atom is -0.481 e. The van der Waals surface area contributed by atoms with Crippen molar-refractivity contribution in [3.63, 3.8) is 0 Å². The van der Waals surface area contributed by atoms with Gasteiger partial charge in [-0.05, 0) is 25.7 Å². The number of aliphatic hydroxyl groups is 8. The largest absolute Gasteiger partial charge is 0.481 e. The molecular weight excluding hydrogens is 364 g/mol. The molecule has 1 unspecified atom stereocenters. The Bertz CT molecular complexity index is 399. The maximum Gasteiger partial charge on any atom is 0.307 e. The lowest BCUT2D eigenvalue weighted by Gasteiger charge is -2.40. The van der Waals surface area contributed by atoms with Crippen molar-refractivity contribution < 1.29 is 50.8 Å². The molecule has 0 aromatic carbocycles. The van der Waals surface area contributed by atoms with E-state index in [2.05, 4.69) is 0 Å². The Labute approximate surface area is 158 Å². The van der Waals surface area contributed by atoms with E-state index >= 15 is 0 Å². The first-order valence-electron chi connectivity index (χ1n) is 8.83. The van der Waals surface area contributed by atoms with E-state index in [0.717, 1.165) is 0 Å². The highest BCUT2D eigenvalue weighted by atomic mass is 16.4. The summed E-state index contributed by atoms with van der Waals surface area (Å²) in [6, 6.07) is 0. The van der Waals surface area contributed by atoms with Crippen molar-refractivity contribution >= 4 is 5.97 Å². The van der Waals surface area contributed by atoms with Crippen LogP contribution in [-0.4, -0.2) is 105 Å². The summed E-state index contributed by atoms with van der Waals surface area (Å²) in [6.07, 6.45) is -0.377. The van der Waals surface area contributed by atoms with E-state index in [4.69, 9.17) is 0 Å². The van der Waals surface area contributed by atoms with Gasteiger partial charge in [0.2, 0.25) is 0 Å². The average Bonchev–Trinajstić information content (AvgIpc) is 2.71. The van der Waals surface area contributed by atoms with Crippen LogP contribution in [0.2, 0.25) is 0 Å². The zero-order valence-electron chi connectivity index (χ0n) is 15.5. The maximum atomic E-state index is 11.8. The van der Waals surface area contributed by atoms with Crippen LogP contribution in [0.25, 0.3) is 0 Å². The van der Waals surface area contributed by atoms with Crippen molar-refractivity contribution in [2.75, 3.05) is 52.9 Å². The van der Waals surface area contributed by atoms with E-state index in [0.29, 0.717) is 0 Å². The molecule has 10 heteroatoms. The molecule has 9 N–H and O–H groups in total. The van der Waals surface area contributed by atoms with E-state index < -0.39 is 81.0 Å². The van der Waals surface area contributed by atoms with Crippen molar-refractivity contribution in [2.24, 2.45) is 22.2 Å². The Balaban J connectivity index is 5.56. The molecule has 162 valence electrons. The number of carboxylic acid groups (broad SMARTS) is 1. The van der Waals surface area contributed by atoms with Crippen LogP contribution in [0.3, 0.4) is 0 Å². The molecule has 0 aliphatic heterocycles. The molecule has 27 heavy (non-hydrogen) atoms. The lowest BCUT2D eigenvalue weighted by molar-refractivity contribution is -0.153. The van der Waals surface area contributed by atoms with Gasteiger partial charge in [-0.2, -0.15) is 0 Å². The molecule has 0 fully saturated rings. The third-order valence-electron chi connectivity index (χ3n) is 5.80. The van der Waals surface area contributed by atoms with E-state index in [1.165, 1.54) is 0 Å². The van der Waals surface area contributed by atoms with Crippen molar-refractivity contribution in [3.05, 3.63) is 0 Å². The van der Waals surface area contributed by atoms with Crippen LogP contribution in [-0.2, 0) is 4.79 Å². The minimum atomic E-state index is -1.53. The second kappa shape index (κ2) is 11.9. The number of carbonyl (C=O) groups is 1. The molecule has 0 aliphatic carbocycles. The molecule has 0 rings (SSSR count). The van der Waals surface area contributed by atoms with Crippen LogP contribution in [0.15, 0.2) is 0 Å². The van der Waals surface area contributed by atoms with Crippen LogP contribution < -0.4 is 0 Å². The fourth-order valence-electron chi connectivity index (χ4n) is 3.03. The first-order chi connectivity index (χ1) is 12.7. The smallest absolute Gasteiger partial charge is 0.307 e. The topological polar surface area (TPSA) is 199 Å². The zero-order chi connectivity index (χ0) is 21.1. The van der Waals surface area contributed by atoms with E-state index in [9.17, 15) is 50.8 Å². The van der Waals surface area contributed by atoms with Crippen molar-refractivity contribution in [1.29, 1.82) is 0 Å². The molecule has 10 nitrogen and oxygen atoms in total. The Morgan fingerprint density at radius 1 is 0.593 bits per heavy atom. The molecule has 0 saturated heterocycles. The summed E-state index contributed by atoms with van der Waals surface area (Å²) in [7, 11) is 0. The van der Waals surface area contributed by atoms with Gasteiger partial charge in [0.05, 0.1) is 58.8 Å². The van der Waals surface area contributed by atoms with Crippen LogP contribution in [0, 0.1) is 22.2 Å². The number of carboxylic acids is 1. The number of rotatable bonds is 16. The predicted octanol–water partition coefficient (Wildman–Crippen LogP) is -2.85. The SMILES string of the molecule is O=C(O)C(CCC(CO)(CO)CO)C(CO)(CO)CCC(CO)(CO)CO. The Morgan fingerprint density at radius 3 is 1.26 bits per heavy atom. The second-order valence-corrected chi connectivity index (χ2v) is 7.56. The molecule has 0 heterocycles. The van der Waals surface area contributed by atoms with Gasteiger partial charge in [-0.25, -0.2) is 0 Å². The molecule has 0 spiro atoms. The maximum absolute atomic E-state index is 11.8. The number of hydrogen-bond donors (Lipinski definition) is 9. The van der Waals surface area contributed by atoms with Gasteiger partial charge in [0.1, 0.15) is 0 Å². The fraction of sp³-hybridized carbons (Fsp3) is 0.941. The summed E-state index contributed by atoms with van der Waals surface area (Å²) >= 11 is 0. The van der Waals surface area contributed by atoms with Gasteiger partial charge in [0.25, 0.3) is 0 Å². The molecular formula is C17H34O10. The van der Waals surface area contributed by atoms with Gasteiger partial charge in [-0.3, -0.25) is 4.79 Å². The quantitative estimate of drug-likeness (QED) is 0.130. The second-order valence-electron chi connectivity index (χ2n) is 7.56. The van der Waals surface area contributed by atoms with Gasteiger partial charge < -0.3 is 46.0 Å². The molecule has 0 aliphatic rings. The third kappa shape index (κ3) is 6.33. The molecule has 0 aromatic heterocycles. The van der Waals surface area contributed by atoms with Crippen molar-refractivity contribution in [3.8, 4) is 0 Å². The minimum absolute atomic E-state index is 0.0491. The number of aliphatic carboxylic acids is 1. The summed E-state index contributed by atoms with van der Waals surface area (Å²) in [5.41, 5.74) is -4.11. The summed E-state index contributed by atoms with van der Waals surface area (Å²) in [5, 5.41) is 85.8. The lowest BCUT2D eigenvalue weighted by Crippen LogP contribution is -2.46. The Morgan fingerprint density at radius 2 is 0.963 bits per heavy atom. The molecule has 0 bridgehead atoms. The Kier molecular flexibility index (Phi) is 11.5. The average molecular weight is 398 g/mol. The number of hydrogen-bond acceptors (Lipinski definition) is 9. The molecule has 0 amide bonds. The Hall–Kier alpha value is -0.850. The normalized spacial score (nSPS) is 14.4. The molecule has 0 aromatic rings.